The van der Waals surface area contributed by atoms with E-state index in [4.69, 9.17) is 11.5 Å². The first kappa shape index (κ1) is 10.9. The summed E-state index contributed by atoms with van der Waals surface area (Å²) in [6.07, 6.45) is 0.956. The van der Waals surface area contributed by atoms with Crippen LogP contribution in [-0.2, 0) is 6.42 Å². The molecular formula is C10H14F2N2. The largest absolute Gasteiger partial charge is 0.398 e. The van der Waals surface area contributed by atoms with Gasteiger partial charge in [0.25, 0.3) is 0 Å². The van der Waals surface area contributed by atoms with E-state index in [0.717, 1.165) is 6.07 Å². The van der Waals surface area contributed by atoms with Gasteiger partial charge in [-0.3, -0.25) is 0 Å². The lowest BCUT2D eigenvalue weighted by atomic mass is 10.0. The molecule has 0 aliphatic rings. The molecule has 0 fully saturated rings. The van der Waals surface area contributed by atoms with E-state index in [0.29, 0.717) is 12.8 Å². The Hall–Kier alpha value is -1.16. The van der Waals surface area contributed by atoms with Crippen LogP contribution >= 0.6 is 0 Å². The summed E-state index contributed by atoms with van der Waals surface area (Å²) < 4.78 is 26.0. The number of anilines is 1. The average Bonchev–Trinajstić information content (AvgIpc) is 2.11. The molecule has 0 radical (unpaired) electrons. The van der Waals surface area contributed by atoms with Gasteiger partial charge in [0.2, 0.25) is 0 Å². The van der Waals surface area contributed by atoms with E-state index in [2.05, 4.69) is 0 Å². The molecule has 1 rings (SSSR count). The zero-order valence-corrected chi connectivity index (χ0v) is 8.06. The normalized spacial score (nSPS) is 12.9. The average molecular weight is 200 g/mol. The Balaban J connectivity index is 2.89. The molecule has 0 bridgehead atoms. The number of rotatable bonds is 3. The molecule has 1 unspecified atom stereocenters. The smallest absolute Gasteiger partial charge is 0.164 e. The van der Waals surface area contributed by atoms with Crippen molar-refractivity contribution >= 4 is 5.69 Å². The SMILES string of the molecule is CC(N)CCc1c(N)ccc(F)c1F. The van der Waals surface area contributed by atoms with Gasteiger partial charge in [-0.1, -0.05) is 0 Å². The summed E-state index contributed by atoms with van der Waals surface area (Å²) in [7, 11) is 0. The summed E-state index contributed by atoms with van der Waals surface area (Å²) in [6, 6.07) is 2.35. The molecule has 14 heavy (non-hydrogen) atoms. The fourth-order valence-electron chi connectivity index (χ4n) is 1.23. The van der Waals surface area contributed by atoms with Crippen LogP contribution in [0.3, 0.4) is 0 Å². The number of hydrogen-bond donors (Lipinski definition) is 2. The van der Waals surface area contributed by atoms with Gasteiger partial charge in [-0.2, -0.15) is 0 Å². The zero-order chi connectivity index (χ0) is 10.7. The third-order valence-electron chi connectivity index (χ3n) is 2.08. The topological polar surface area (TPSA) is 52.0 Å². The summed E-state index contributed by atoms with van der Waals surface area (Å²) >= 11 is 0. The van der Waals surface area contributed by atoms with Crippen molar-refractivity contribution in [2.75, 3.05) is 5.73 Å². The highest BCUT2D eigenvalue weighted by Gasteiger charge is 2.11. The summed E-state index contributed by atoms with van der Waals surface area (Å²) in [5, 5.41) is 0. The standard InChI is InChI=1S/C10H14F2N2/c1-6(13)2-3-7-9(14)5-4-8(11)10(7)12/h4-6H,2-3,13-14H2,1H3. The van der Waals surface area contributed by atoms with Crippen molar-refractivity contribution in [1.82, 2.24) is 0 Å². The summed E-state index contributed by atoms with van der Waals surface area (Å²) in [5.41, 5.74) is 11.6. The lowest BCUT2D eigenvalue weighted by Crippen LogP contribution is -2.16. The Morgan fingerprint density at radius 1 is 1.36 bits per heavy atom. The van der Waals surface area contributed by atoms with Crippen LogP contribution < -0.4 is 11.5 Å². The van der Waals surface area contributed by atoms with Gasteiger partial charge in [0, 0.05) is 17.3 Å². The third kappa shape index (κ3) is 2.42. The van der Waals surface area contributed by atoms with Crippen LogP contribution in [0.5, 0.6) is 0 Å². The molecule has 4 N–H and O–H groups in total. The van der Waals surface area contributed by atoms with Crippen molar-refractivity contribution in [3.63, 3.8) is 0 Å². The molecule has 0 aromatic heterocycles. The summed E-state index contributed by atoms with van der Waals surface area (Å²) in [6.45, 7) is 1.81. The molecule has 4 heteroatoms. The van der Waals surface area contributed by atoms with Crippen molar-refractivity contribution in [2.45, 2.75) is 25.8 Å². The van der Waals surface area contributed by atoms with Gasteiger partial charge in [-0.25, -0.2) is 8.78 Å². The van der Waals surface area contributed by atoms with E-state index in [1.165, 1.54) is 6.07 Å². The number of benzene rings is 1. The quantitative estimate of drug-likeness (QED) is 0.731. The van der Waals surface area contributed by atoms with Crippen LogP contribution in [0.15, 0.2) is 12.1 Å². The number of halogens is 2. The fourth-order valence-corrected chi connectivity index (χ4v) is 1.23. The molecule has 1 aromatic rings. The van der Waals surface area contributed by atoms with Crippen molar-refractivity contribution in [1.29, 1.82) is 0 Å². The monoisotopic (exact) mass is 200 g/mol. The maximum Gasteiger partial charge on any atom is 0.164 e. The molecule has 78 valence electrons. The highest BCUT2D eigenvalue weighted by atomic mass is 19.2. The van der Waals surface area contributed by atoms with E-state index < -0.39 is 11.6 Å². The van der Waals surface area contributed by atoms with Crippen LogP contribution in [-0.4, -0.2) is 6.04 Å². The van der Waals surface area contributed by atoms with Crippen LogP contribution in [0.4, 0.5) is 14.5 Å². The van der Waals surface area contributed by atoms with Crippen LogP contribution in [0.25, 0.3) is 0 Å². The highest BCUT2D eigenvalue weighted by Crippen LogP contribution is 2.20. The van der Waals surface area contributed by atoms with Crippen LogP contribution in [0.2, 0.25) is 0 Å². The van der Waals surface area contributed by atoms with Crippen LogP contribution in [0, 0.1) is 11.6 Å². The first-order valence-corrected chi connectivity index (χ1v) is 4.50. The second-order valence-electron chi connectivity index (χ2n) is 3.45. The fraction of sp³-hybridized carbons (Fsp3) is 0.400. The van der Waals surface area contributed by atoms with Crippen LogP contribution in [0.1, 0.15) is 18.9 Å². The van der Waals surface area contributed by atoms with E-state index in [-0.39, 0.29) is 17.3 Å². The van der Waals surface area contributed by atoms with Gasteiger partial charge in [0.1, 0.15) is 0 Å². The first-order valence-electron chi connectivity index (χ1n) is 4.50. The Labute approximate surface area is 81.9 Å². The van der Waals surface area contributed by atoms with Gasteiger partial charge >= 0.3 is 0 Å². The highest BCUT2D eigenvalue weighted by molar-refractivity contribution is 5.47. The van der Waals surface area contributed by atoms with Gasteiger partial charge in [-0.05, 0) is 31.9 Å². The Morgan fingerprint density at radius 2 is 2.00 bits per heavy atom. The molecule has 0 aliphatic heterocycles. The van der Waals surface area contributed by atoms with Crippen molar-refractivity contribution < 1.29 is 8.78 Å². The minimum Gasteiger partial charge on any atom is -0.398 e. The van der Waals surface area contributed by atoms with Gasteiger partial charge in [0.15, 0.2) is 11.6 Å². The minimum atomic E-state index is -0.862. The molecule has 0 spiro atoms. The van der Waals surface area contributed by atoms with Gasteiger partial charge in [-0.15, -0.1) is 0 Å². The van der Waals surface area contributed by atoms with Crippen molar-refractivity contribution in [2.24, 2.45) is 5.73 Å². The Bertz CT molecular complexity index is 324. The molecule has 1 atom stereocenters. The molecule has 0 amide bonds. The van der Waals surface area contributed by atoms with E-state index in [9.17, 15) is 8.78 Å². The predicted molar refractivity (Wildman–Crippen MR) is 52.7 cm³/mol. The van der Waals surface area contributed by atoms with Crippen molar-refractivity contribution in [3.8, 4) is 0 Å². The lowest BCUT2D eigenvalue weighted by molar-refractivity contribution is 0.495. The molecule has 0 aliphatic carbocycles. The summed E-state index contributed by atoms with van der Waals surface area (Å²) in [4.78, 5) is 0. The Morgan fingerprint density at radius 3 is 2.57 bits per heavy atom. The molecule has 0 heterocycles. The van der Waals surface area contributed by atoms with E-state index in [1.807, 2.05) is 6.92 Å². The molecular weight excluding hydrogens is 186 g/mol. The van der Waals surface area contributed by atoms with E-state index >= 15 is 0 Å². The molecule has 2 nitrogen and oxygen atoms in total. The second kappa shape index (κ2) is 4.37. The number of nitrogens with two attached hydrogens (primary N) is 2. The predicted octanol–water partition coefficient (Wildman–Crippen LogP) is 1.83. The lowest BCUT2D eigenvalue weighted by Gasteiger charge is -2.09. The summed E-state index contributed by atoms with van der Waals surface area (Å²) in [5.74, 6) is -1.72. The minimum absolute atomic E-state index is 0.0444. The number of nitrogen functional groups attached to an aromatic ring is 1. The number of hydrogen-bond acceptors (Lipinski definition) is 2. The molecule has 0 saturated carbocycles. The zero-order valence-electron chi connectivity index (χ0n) is 8.06. The van der Waals surface area contributed by atoms with E-state index in [1.54, 1.807) is 0 Å². The molecule has 0 saturated heterocycles. The Kier molecular flexibility index (Phi) is 3.41. The third-order valence-corrected chi connectivity index (χ3v) is 2.08. The maximum absolute atomic E-state index is 13.2. The molecule has 1 aromatic carbocycles. The second-order valence-corrected chi connectivity index (χ2v) is 3.45. The first-order chi connectivity index (χ1) is 6.52. The van der Waals surface area contributed by atoms with Gasteiger partial charge in [0.05, 0.1) is 0 Å². The van der Waals surface area contributed by atoms with Crippen molar-refractivity contribution in [3.05, 3.63) is 29.3 Å². The maximum atomic E-state index is 13.2. The van der Waals surface area contributed by atoms with Gasteiger partial charge < -0.3 is 11.5 Å².